The van der Waals surface area contributed by atoms with Crippen LogP contribution in [0.1, 0.15) is 27.6 Å². The minimum Gasteiger partial charge on any atom is -0.497 e. The van der Waals surface area contributed by atoms with Crippen LogP contribution in [0.5, 0.6) is 5.75 Å². The molecule has 0 spiro atoms. The van der Waals surface area contributed by atoms with E-state index in [0.29, 0.717) is 28.5 Å². The first-order valence-corrected chi connectivity index (χ1v) is 10.2. The predicted octanol–water partition coefficient (Wildman–Crippen LogP) is 4.98. The van der Waals surface area contributed by atoms with Gasteiger partial charge in [-0.05, 0) is 42.8 Å². The number of nitrogens with one attached hydrogen (secondary N) is 1. The van der Waals surface area contributed by atoms with Gasteiger partial charge >= 0.3 is 6.18 Å². The van der Waals surface area contributed by atoms with E-state index in [1.165, 1.54) is 12.1 Å². The second-order valence-corrected chi connectivity index (χ2v) is 7.88. The van der Waals surface area contributed by atoms with Crippen LogP contribution in [0.4, 0.5) is 19.0 Å². The van der Waals surface area contributed by atoms with Gasteiger partial charge < -0.3 is 10.1 Å². The number of hydrogen-bond acceptors (Lipinski definition) is 4. The maximum absolute atomic E-state index is 13.7. The molecule has 0 unspecified atom stereocenters. The monoisotopic (exact) mass is 433 g/mol. The molecule has 30 heavy (non-hydrogen) atoms. The summed E-state index contributed by atoms with van der Waals surface area (Å²) in [5.74, 6) is 0.788. The topological polar surface area (TPSA) is 56.1 Å². The summed E-state index contributed by atoms with van der Waals surface area (Å²) in [5, 5.41) is 6.66. The molecule has 4 rings (SSSR count). The van der Waals surface area contributed by atoms with Crippen molar-refractivity contribution in [1.29, 1.82) is 0 Å². The van der Waals surface area contributed by atoms with E-state index in [2.05, 4.69) is 10.4 Å². The van der Waals surface area contributed by atoms with Crippen LogP contribution in [0.15, 0.2) is 48.5 Å². The number of nitrogens with zero attached hydrogens (tertiary/aromatic N) is 2. The van der Waals surface area contributed by atoms with Gasteiger partial charge in [-0.25, -0.2) is 4.68 Å². The minimum atomic E-state index is -4.50. The number of amides is 1. The fourth-order valence-electron chi connectivity index (χ4n) is 3.52. The van der Waals surface area contributed by atoms with Crippen LogP contribution < -0.4 is 10.1 Å². The molecule has 0 bridgehead atoms. The van der Waals surface area contributed by atoms with E-state index in [1.54, 1.807) is 49.0 Å². The average molecular weight is 433 g/mol. The molecule has 1 atom stereocenters. The molecule has 9 heteroatoms. The van der Waals surface area contributed by atoms with Gasteiger partial charge in [0.1, 0.15) is 11.6 Å². The van der Waals surface area contributed by atoms with Crippen LogP contribution >= 0.6 is 11.8 Å². The van der Waals surface area contributed by atoms with E-state index in [4.69, 9.17) is 4.74 Å². The summed E-state index contributed by atoms with van der Waals surface area (Å²) in [6.07, 6.45) is -4.50. The van der Waals surface area contributed by atoms with Crippen molar-refractivity contribution in [1.82, 2.24) is 9.78 Å². The van der Waals surface area contributed by atoms with Crippen LogP contribution in [0.3, 0.4) is 0 Å². The minimum absolute atomic E-state index is 0.0353. The van der Waals surface area contributed by atoms with Crippen LogP contribution in [-0.2, 0) is 11.0 Å². The van der Waals surface area contributed by atoms with E-state index in [9.17, 15) is 18.0 Å². The zero-order valence-electron chi connectivity index (χ0n) is 16.2. The van der Waals surface area contributed by atoms with E-state index in [0.717, 1.165) is 17.8 Å². The molecular weight excluding hydrogens is 415 g/mol. The molecule has 3 aromatic rings. The molecule has 5 nitrogen and oxygen atoms in total. The lowest BCUT2D eigenvalue weighted by Gasteiger charge is -2.20. The fourth-order valence-corrected chi connectivity index (χ4v) is 4.75. The number of aromatic nitrogens is 2. The number of halogens is 3. The first kappa shape index (κ1) is 20.3. The number of methoxy groups -OCH3 is 1. The highest BCUT2D eigenvalue weighted by atomic mass is 32.2. The first-order chi connectivity index (χ1) is 14.3. The fraction of sp³-hybridized carbons (Fsp3) is 0.238. The number of thioether (sulfide) groups is 1. The third-order valence-corrected chi connectivity index (χ3v) is 6.13. The number of benzene rings is 2. The van der Waals surface area contributed by atoms with Crippen LogP contribution in [0.2, 0.25) is 0 Å². The second-order valence-electron chi connectivity index (χ2n) is 6.78. The highest BCUT2D eigenvalue weighted by Gasteiger charge is 2.38. The predicted molar refractivity (Wildman–Crippen MR) is 109 cm³/mol. The highest BCUT2D eigenvalue weighted by molar-refractivity contribution is 8.00. The molecule has 1 aliphatic heterocycles. The Labute approximate surface area is 175 Å². The van der Waals surface area contributed by atoms with Gasteiger partial charge in [0.15, 0.2) is 0 Å². The lowest BCUT2D eigenvalue weighted by atomic mass is 9.98. The molecule has 1 amide bonds. The van der Waals surface area contributed by atoms with Crippen molar-refractivity contribution in [2.75, 3.05) is 18.2 Å². The van der Waals surface area contributed by atoms with E-state index in [-0.39, 0.29) is 17.2 Å². The Balaban J connectivity index is 1.89. The molecule has 1 N–H and O–H groups in total. The number of carbonyl (C=O) groups is 1. The number of anilines is 1. The van der Waals surface area contributed by atoms with Gasteiger partial charge in [-0.1, -0.05) is 18.2 Å². The zero-order valence-corrected chi connectivity index (χ0v) is 17.0. The maximum Gasteiger partial charge on any atom is 0.416 e. The van der Waals surface area contributed by atoms with Crippen molar-refractivity contribution >= 4 is 23.5 Å². The normalized spacial score (nSPS) is 16.6. The van der Waals surface area contributed by atoms with Gasteiger partial charge in [-0.15, -0.1) is 11.8 Å². The Morgan fingerprint density at radius 1 is 1.17 bits per heavy atom. The van der Waals surface area contributed by atoms with Gasteiger partial charge in [0.2, 0.25) is 5.91 Å². The largest absolute Gasteiger partial charge is 0.497 e. The third-order valence-electron chi connectivity index (χ3n) is 4.87. The van der Waals surface area contributed by atoms with E-state index in [1.807, 2.05) is 0 Å². The Bertz CT molecular complexity index is 1090. The average Bonchev–Trinajstić information content (AvgIpc) is 2.92. The lowest BCUT2D eigenvalue weighted by molar-refractivity contribution is -0.138. The van der Waals surface area contributed by atoms with Crippen molar-refractivity contribution in [2.24, 2.45) is 0 Å². The Kier molecular flexibility index (Phi) is 5.23. The molecule has 0 aliphatic carbocycles. The van der Waals surface area contributed by atoms with Crippen molar-refractivity contribution in [2.45, 2.75) is 18.3 Å². The van der Waals surface area contributed by atoms with E-state index >= 15 is 0 Å². The number of fused-ring (bicyclic) bond motifs is 1. The van der Waals surface area contributed by atoms with Crippen molar-refractivity contribution < 1.29 is 22.7 Å². The summed E-state index contributed by atoms with van der Waals surface area (Å²) in [4.78, 5) is 12.4. The number of alkyl halides is 3. The number of ether oxygens (including phenoxy) is 1. The number of hydrogen-bond donors (Lipinski definition) is 1. The molecule has 2 heterocycles. The van der Waals surface area contributed by atoms with Crippen molar-refractivity contribution in [3.05, 3.63) is 70.9 Å². The highest BCUT2D eigenvalue weighted by Crippen LogP contribution is 2.47. The van der Waals surface area contributed by atoms with Gasteiger partial charge in [-0.2, -0.15) is 18.3 Å². The quantitative estimate of drug-likeness (QED) is 0.633. The maximum atomic E-state index is 13.7. The second kappa shape index (κ2) is 7.71. The summed E-state index contributed by atoms with van der Waals surface area (Å²) in [7, 11) is 1.55. The number of rotatable bonds is 3. The molecule has 0 fully saturated rings. The molecule has 0 saturated heterocycles. The summed E-state index contributed by atoms with van der Waals surface area (Å²) in [5.41, 5.74) is 1.19. The smallest absolute Gasteiger partial charge is 0.416 e. The van der Waals surface area contributed by atoms with Crippen LogP contribution in [0, 0.1) is 6.92 Å². The Hall–Kier alpha value is -2.94. The molecule has 156 valence electrons. The van der Waals surface area contributed by atoms with Crippen molar-refractivity contribution in [3.63, 3.8) is 0 Å². The van der Waals surface area contributed by atoms with Crippen molar-refractivity contribution in [3.8, 4) is 11.4 Å². The molecule has 0 saturated carbocycles. The lowest BCUT2D eigenvalue weighted by Crippen LogP contribution is -2.15. The molecule has 2 aromatic carbocycles. The SMILES string of the molecule is COc1ccc(-n2nc(C)c3c2NC(=O)CS[C@H]3c2ccccc2C(F)(F)F)cc1. The van der Waals surface area contributed by atoms with Crippen LogP contribution in [-0.4, -0.2) is 28.6 Å². The number of carbonyl (C=O) groups excluding carboxylic acids is 1. The van der Waals surface area contributed by atoms with Gasteiger partial charge in [0.25, 0.3) is 0 Å². The molecule has 1 aliphatic rings. The van der Waals surface area contributed by atoms with Crippen LogP contribution in [0.25, 0.3) is 5.69 Å². The Morgan fingerprint density at radius 3 is 2.53 bits per heavy atom. The molecule has 1 aromatic heterocycles. The molecule has 0 radical (unpaired) electrons. The summed E-state index contributed by atoms with van der Waals surface area (Å²) in [6, 6.07) is 12.5. The third kappa shape index (κ3) is 3.65. The van der Waals surface area contributed by atoms with Gasteiger partial charge in [-0.3, -0.25) is 4.79 Å². The number of aryl methyl sites for hydroxylation is 1. The van der Waals surface area contributed by atoms with Gasteiger partial charge in [0.05, 0.1) is 35.1 Å². The molecular formula is C21H18F3N3O2S. The Morgan fingerprint density at radius 2 is 1.87 bits per heavy atom. The van der Waals surface area contributed by atoms with E-state index < -0.39 is 17.0 Å². The standard InChI is InChI=1S/C21H18F3N3O2S/c1-12-18-19(15-5-3-4-6-16(15)21(22,23)24)30-11-17(28)25-20(18)27(26-12)13-7-9-14(29-2)10-8-13/h3-10,19H,11H2,1-2H3,(H,25,28)/t19-/m0/s1. The summed E-state index contributed by atoms with van der Waals surface area (Å²) in [6.45, 7) is 1.74. The summed E-state index contributed by atoms with van der Waals surface area (Å²) >= 11 is 1.16. The first-order valence-electron chi connectivity index (χ1n) is 9.11. The summed E-state index contributed by atoms with van der Waals surface area (Å²) < 4.78 is 47.7. The zero-order chi connectivity index (χ0) is 21.5. The van der Waals surface area contributed by atoms with Gasteiger partial charge in [0, 0.05) is 5.56 Å².